The van der Waals surface area contributed by atoms with Crippen molar-refractivity contribution in [3.63, 3.8) is 0 Å². The standard InChI is InChI=1S/C15H23F2NO5S/c1-13(2,3)23-10(19)8-15(7-9(15)11(16)17)12(20)18-24(21,22)14(4)5-6-14/h9,11H,5-8H2,1-4H3,(H,18,20)/t9-,15+/m0/s1. The summed E-state index contributed by atoms with van der Waals surface area (Å²) in [6.45, 7) is 6.34. The van der Waals surface area contributed by atoms with E-state index in [0.717, 1.165) is 0 Å². The number of rotatable bonds is 6. The molecular formula is C15H23F2NO5S. The molecule has 2 saturated carbocycles. The minimum Gasteiger partial charge on any atom is -0.460 e. The summed E-state index contributed by atoms with van der Waals surface area (Å²) in [7, 11) is -3.95. The van der Waals surface area contributed by atoms with Crippen LogP contribution in [-0.4, -0.2) is 37.1 Å². The molecule has 1 amide bonds. The summed E-state index contributed by atoms with van der Waals surface area (Å²) in [4.78, 5) is 24.4. The first-order chi connectivity index (χ1) is 10.7. The fourth-order valence-electron chi connectivity index (χ4n) is 2.64. The van der Waals surface area contributed by atoms with Gasteiger partial charge in [0.2, 0.25) is 22.4 Å². The van der Waals surface area contributed by atoms with E-state index in [9.17, 15) is 26.8 Å². The Labute approximate surface area is 140 Å². The second-order valence-electron chi connectivity index (χ2n) is 7.95. The van der Waals surface area contributed by atoms with E-state index >= 15 is 0 Å². The lowest BCUT2D eigenvalue weighted by Crippen LogP contribution is -2.44. The lowest BCUT2D eigenvalue weighted by Gasteiger charge is -2.23. The SMILES string of the molecule is CC(C)(C)OC(=O)C[C@]1(C(=O)NS(=O)(=O)C2(C)CC2)C[C@H]1C(F)F. The van der Waals surface area contributed by atoms with Gasteiger partial charge in [-0.3, -0.25) is 14.3 Å². The van der Waals surface area contributed by atoms with Gasteiger partial charge in [0, 0.05) is 5.92 Å². The number of alkyl halides is 2. The first-order valence-electron chi connectivity index (χ1n) is 7.79. The van der Waals surface area contributed by atoms with Crippen LogP contribution in [0.4, 0.5) is 8.78 Å². The number of amides is 1. The Morgan fingerprint density at radius 1 is 1.29 bits per heavy atom. The molecule has 1 N–H and O–H groups in total. The molecule has 2 fully saturated rings. The van der Waals surface area contributed by atoms with Crippen molar-refractivity contribution in [2.24, 2.45) is 11.3 Å². The van der Waals surface area contributed by atoms with Crippen LogP contribution < -0.4 is 4.72 Å². The van der Waals surface area contributed by atoms with Gasteiger partial charge < -0.3 is 4.74 Å². The van der Waals surface area contributed by atoms with Gasteiger partial charge in [-0.15, -0.1) is 0 Å². The maximum atomic E-state index is 13.1. The Morgan fingerprint density at radius 2 is 1.83 bits per heavy atom. The average molecular weight is 367 g/mol. The van der Waals surface area contributed by atoms with E-state index in [1.807, 2.05) is 4.72 Å². The zero-order valence-electron chi connectivity index (χ0n) is 14.2. The largest absolute Gasteiger partial charge is 0.460 e. The van der Waals surface area contributed by atoms with E-state index in [-0.39, 0.29) is 6.42 Å². The molecule has 0 heterocycles. The molecule has 2 rings (SSSR count). The first kappa shape index (κ1) is 19.1. The molecule has 6 nitrogen and oxygen atoms in total. The molecule has 24 heavy (non-hydrogen) atoms. The number of esters is 1. The normalized spacial score (nSPS) is 28.4. The summed E-state index contributed by atoms with van der Waals surface area (Å²) in [5.74, 6) is -3.17. The van der Waals surface area contributed by atoms with Crippen LogP contribution >= 0.6 is 0 Å². The van der Waals surface area contributed by atoms with E-state index in [2.05, 4.69) is 0 Å². The molecule has 0 spiro atoms. The highest BCUT2D eigenvalue weighted by atomic mass is 32.2. The van der Waals surface area contributed by atoms with E-state index in [0.29, 0.717) is 12.8 Å². The molecule has 0 bridgehead atoms. The predicted molar refractivity (Wildman–Crippen MR) is 81.7 cm³/mol. The average Bonchev–Trinajstić information content (AvgIpc) is 3.23. The maximum absolute atomic E-state index is 13.1. The van der Waals surface area contributed by atoms with Gasteiger partial charge in [0.1, 0.15) is 5.60 Å². The Morgan fingerprint density at radius 3 is 2.21 bits per heavy atom. The van der Waals surface area contributed by atoms with Crippen LogP contribution in [0.1, 0.15) is 53.4 Å². The van der Waals surface area contributed by atoms with Crippen molar-refractivity contribution in [1.29, 1.82) is 0 Å². The third-order valence-electron chi connectivity index (χ3n) is 4.60. The van der Waals surface area contributed by atoms with Gasteiger partial charge in [-0.25, -0.2) is 17.2 Å². The van der Waals surface area contributed by atoms with Crippen LogP contribution in [-0.2, 0) is 24.3 Å². The van der Waals surface area contributed by atoms with Crippen molar-refractivity contribution in [3.8, 4) is 0 Å². The van der Waals surface area contributed by atoms with Crippen LogP contribution in [0.2, 0.25) is 0 Å². The quantitative estimate of drug-likeness (QED) is 0.725. The van der Waals surface area contributed by atoms with Crippen LogP contribution in [0.15, 0.2) is 0 Å². The summed E-state index contributed by atoms with van der Waals surface area (Å²) in [5, 5.41) is 0. The van der Waals surface area contributed by atoms with Crippen LogP contribution in [0.25, 0.3) is 0 Å². The van der Waals surface area contributed by atoms with Crippen LogP contribution in [0.3, 0.4) is 0 Å². The summed E-state index contributed by atoms with van der Waals surface area (Å²) >= 11 is 0. The van der Waals surface area contributed by atoms with Crippen molar-refractivity contribution in [2.75, 3.05) is 0 Å². The monoisotopic (exact) mass is 367 g/mol. The number of hydrogen-bond acceptors (Lipinski definition) is 5. The molecule has 138 valence electrons. The predicted octanol–water partition coefficient (Wildman–Crippen LogP) is 1.99. The third-order valence-corrected chi connectivity index (χ3v) is 6.76. The lowest BCUT2D eigenvalue weighted by molar-refractivity contribution is -0.158. The first-order valence-corrected chi connectivity index (χ1v) is 9.28. The molecule has 0 radical (unpaired) electrons. The van der Waals surface area contributed by atoms with Gasteiger partial charge in [-0.1, -0.05) is 0 Å². The van der Waals surface area contributed by atoms with E-state index < -0.39 is 56.4 Å². The molecule has 0 aromatic heterocycles. The second-order valence-corrected chi connectivity index (χ2v) is 10.1. The van der Waals surface area contributed by atoms with Crippen molar-refractivity contribution < 1.29 is 31.5 Å². The van der Waals surface area contributed by atoms with Gasteiger partial charge in [0.25, 0.3) is 0 Å². The third kappa shape index (κ3) is 3.70. The molecule has 0 aromatic rings. The Hall–Kier alpha value is -1.25. The molecule has 2 atom stereocenters. The minimum atomic E-state index is -3.95. The minimum absolute atomic E-state index is 0.234. The highest BCUT2D eigenvalue weighted by Crippen LogP contribution is 2.59. The molecular weight excluding hydrogens is 344 g/mol. The number of hydrogen-bond donors (Lipinski definition) is 1. The maximum Gasteiger partial charge on any atom is 0.307 e. The van der Waals surface area contributed by atoms with E-state index in [1.165, 1.54) is 6.92 Å². The number of carbonyl (C=O) groups is 2. The zero-order chi connectivity index (χ0) is 18.6. The zero-order valence-corrected chi connectivity index (χ0v) is 15.0. The number of carbonyl (C=O) groups excluding carboxylic acids is 2. The molecule has 2 aliphatic carbocycles. The molecule has 0 unspecified atom stereocenters. The van der Waals surface area contributed by atoms with Crippen LogP contribution in [0, 0.1) is 11.3 Å². The number of sulfonamides is 1. The van der Waals surface area contributed by atoms with Gasteiger partial charge in [0.05, 0.1) is 16.6 Å². The lowest BCUT2D eigenvalue weighted by atomic mass is 9.98. The molecule has 0 saturated heterocycles. The van der Waals surface area contributed by atoms with E-state index in [1.54, 1.807) is 20.8 Å². The van der Waals surface area contributed by atoms with E-state index in [4.69, 9.17) is 4.74 Å². The van der Waals surface area contributed by atoms with Gasteiger partial charge >= 0.3 is 5.97 Å². The van der Waals surface area contributed by atoms with Gasteiger partial charge in [-0.2, -0.15) is 0 Å². The molecule has 0 aromatic carbocycles. The highest BCUT2D eigenvalue weighted by molar-refractivity contribution is 7.91. The molecule has 0 aliphatic heterocycles. The van der Waals surface area contributed by atoms with Crippen LogP contribution in [0.5, 0.6) is 0 Å². The van der Waals surface area contributed by atoms with Crippen molar-refractivity contribution in [1.82, 2.24) is 4.72 Å². The fourth-order valence-corrected chi connectivity index (χ4v) is 3.97. The topological polar surface area (TPSA) is 89.5 Å². The van der Waals surface area contributed by atoms with Gasteiger partial charge in [-0.05, 0) is 47.0 Å². The molecule has 9 heteroatoms. The summed E-state index contributed by atoms with van der Waals surface area (Å²) < 4.78 is 56.4. The van der Waals surface area contributed by atoms with Crippen molar-refractivity contribution >= 4 is 21.9 Å². The molecule has 2 aliphatic rings. The number of halogens is 2. The summed E-state index contributed by atoms with van der Waals surface area (Å²) in [6.07, 6.45) is -2.78. The number of nitrogens with one attached hydrogen (secondary N) is 1. The number of ether oxygens (including phenoxy) is 1. The Kier molecular flexibility index (Phi) is 4.48. The Bertz CT molecular complexity index is 651. The summed E-state index contributed by atoms with van der Waals surface area (Å²) in [5.41, 5.74) is -2.54. The fraction of sp³-hybridized carbons (Fsp3) is 0.867. The highest BCUT2D eigenvalue weighted by Gasteiger charge is 2.66. The second kappa shape index (κ2) is 5.64. The Balaban J connectivity index is 2.14. The smallest absolute Gasteiger partial charge is 0.307 e. The van der Waals surface area contributed by atoms with Gasteiger partial charge in [0.15, 0.2) is 0 Å². The van der Waals surface area contributed by atoms with Crippen molar-refractivity contribution in [3.05, 3.63) is 0 Å². The summed E-state index contributed by atoms with van der Waals surface area (Å²) in [6, 6.07) is 0. The van der Waals surface area contributed by atoms with Crippen molar-refractivity contribution in [2.45, 2.75) is 70.2 Å².